The Morgan fingerprint density at radius 1 is 1.57 bits per heavy atom. The van der Waals surface area contributed by atoms with Crippen molar-refractivity contribution in [1.82, 2.24) is 15.2 Å². The molecular formula is C14H20N4O3. The summed E-state index contributed by atoms with van der Waals surface area (Å²) in [4.78, 5) is 30.1. The van der Waals surface area contributed by atoms with Gasteiger partial charge in [-0.25, -0.2) is 4.98 Å². The number of likely N-dealkylation sites (N-methyl/N-ethyl adjacent to an activating group) is 1. The lowest BCUT2D eigenvalue weighted by Gasteiger charge is -2.23. The Bertz CT molecular complexity index is 535. The molecule has 0 aliphatic carbocycles. The minimum atomic E-state index is -0.522. The van der Waals surface area contributed by atoms with E-state index in [1.165, 1.54) is 18.2 Å². The van der Waals surface area contributed by atoms with Crippen LogP contribution in [0.3, 0.4) is 0 Å². The summed E-state index contributed by atoms with van der Waals surface area (Å²) < 4.78 is 5.02. The van der Waals surface area contributed by atoms with E-state index >= 15 is 0 Å². The van der Waals surface area contributed by atoms with Gasteiger partial charge in [0.15, 0.2) is 0 Å². The first-order valence-electron chi connectivity index (χ1n) is 6.91. The quantitative estimate of drug-likeness (QED) is 0.799. The molecule has 0 radical (unpaired) electrons. The van der Waals surface area contributed by atoms with Crippen molar-refractivity contribution in [2.45, 2.75) is 25.4 Å². The maximum Gasteiger partial charge on any atom is 0.254 e. The Hall–Kier alpha value is -2.15. The zero-order valence-electron chi connectivity index (χ0n) is 12.2. The van der Waals surface area contributed by atoms with E-state index < -0.39 is 6.04 Å². The van der Waals surface area contributed by atoms with Gasteiger partial charge in [0.1, 0.15) is 6.04 Å². The third kappa shape index (κ3) is 3.30. The molecule has 21 heavy (non-hydrogen) atoms. The number of pyridine rings is 1. The van der Waals surface area contributed by atoms with Crippen LogP contribution in [-0.4, -0.2) is 54.0 Å². The fourth-order valence-corrected chi connectivity index (χ4v) is 2.45. The monoisotopic (exact) mass is 292 g/mol. The summed E-state index contributed by atoms with van der Waals surface area (Å²) in [5.74, 6) is -0.0429. The summed E-state index contributed by atoms with van der Waals surface area (Å²) in [5.41, 5.74) is 6.35. The first kappa shape index (κ1) is 15.2. The second-order valence-corrected chi connectivity index (χ2v) is 4.95. The van der Waals surface area contributed by atoms with E-state index in [9.17, 15) is 9.59 Å². The van der Waals surface area contributed by atoms with Crippen LogP contribution in [0.4, 0.5) is 0 Å². The Morgan fingerprint density at radius 3 is 3.00 bits per heavy atom. The normalized spacial score (nSPS) is 21.2. The van der Waals surface area contributed by atoms with Crippen LogP contribution in [0.2, 0.25) is 0 Å². The van der Waals surface area contributed by atoms with Crippen molar-refractivity contribution >= 4 is 11.8 Å². The minimum absolute atomic E-state index is 0.167. The van der Waals surface area contributed by atoms with E-state index in [4.69, 9.17) is 10.5 Å². The number of nitrogens with zero attached hydrogens (tertiary/aromatic N) is 2. The van der Waals surface area contributed by atoms with Crippen LogP contribution >= 0.6 is 0 Å². The molecule has 1 saturated heterocycles. The second-order valence-electron chi connectivity index (χ2n) is 4.95. The molecule has 0 unspecified atom stereocenters. The molecule has 1 fully saturated rings. The molecule has 7 heteroatoms. The van der Waals surface area contributed by atoms with Crippen LogP contribution in [0.15, 0.2) is 18.3 Å². The average Bonchev–Trinajstić information content (AvgIpc) is 2.89. The standard InChI is InChI=1S/C14H20N4O3/c1-3-16-13(19)11-7-10(15)8-18(11)14(20)9-4-5-17-12(6-9)21-2/h4-6,10-11H,3,7-8,15H2,1-2H3,(H,16,19)/t10-,11-/m0/s1. The van der Waals surface area contributed by atoms with Crippen molar-refractivity contribution in [3.63, 3.8) is 0 Å². The summed E-state index contributed by atoms with van der Waals surface area (Å²) in [7, 11) is 1.49. The van der Waals surface area contributed by atoms with Gasteiger partial charge < -0.3 is 20.7 Å². The molecule has 3 N–H and O–H groups in total. The lowest BCUT2D eigenvalue weighted by molar-refractivity contribution is -0.124. The minimum Gasteiger partial charge on any atom is -0.481 e. The summed E-state index contributed by atoms with van der Waals surface area (Å²) in [5, 5.41) is 2.74. The molecule has 1 aliphatic heterocycles. The highest BCUT2D eigenvalue weighted by Crippen LogP contribution is 2.21. The van der Waals surface area contributed by atoms with Crippen molar-refractivity contribution in [3.8, 4) is 5.88 Å². The van der Waals surface area contributed by atoms with Crippen molar-refractivity contribution < 1.29 is 14.3 Å². The lowest BCUT2D eigenvalue weighted by atomic mass is 10.1. The Kier molecular flexibility index (Phi) is 4.74. The van der Waals surface area contributed by atoms with Crippen molar-refractivity contribution in [1.29, 1.82) is 0 Å². The third-order valence-corrected chi connectivity index (χ3v) is 3.44. The van der Waals surface area contributed by atoms with Gasteiger partial charge in [-0.1, -0.05) is 0 Å². The van der Waals surface area contributed by atoms with Crippen LogP contribution in [0.1, 0.15) is 23.7 Å². The fourth-order valence-electron chi connectivity index (χ4n) is 2.45. The van der Waals surface area contributed by atoms with E-state index in [-0.39, 0.29) is 17.9 Å². The van der Waals surface area contributed by atoms with Gasteiger partial charge in [0.25, 0.3) is 5.91 Å². The van der Waals surface area contributed by atoms with Gasteiger partial charge in [-0.2, -0.15) is 0 Å². The predicted molar refractivity (Wildman–Crippen MR) is 76.9 cm³/mol. The third-order valence-electron chi connectivity index (χ3n) is 3.44. The summed E-state index contributed by atoms with van der Waals surface area (Å²) in [6, 6.07) is 2.45. The maximum atomic E-state index is 12.6. The second kappa shape index (κ2) is 6.53. The number of ether oxygens (including phenoxy) is 1. The molecule has 1 aromatic rings. The SMILES string of the molecule is CCNC(=O)[C@@H]1C[C@H](N)CN1C(=O)c1ccnc(OC)c1. The van der Waals surface area contributed by atoms with Crippen LogP contribution in [-0.2, 0) is 4.79 Å². The van der Waals surface area contributed by atoms with E-state index in [0.717, 1.165) is 0 Å². The van der Waals surface area contributed by atoms with Gasteiger partial charge in [0.2, 0.25) is 11.8 Å². The van der Waals surface area contributed by atoms with E-state index in [2.05, 4.69) is 10.3 Å². The average molecular weight is 292 g/mol. The first-order chi connectivity index (χ1) is 10.1. The van der Waals surface area contributed by atoms with E-state index in [1.807, 2.05) is 6.92 Å². The highest BCUT2D eigenvalue weighted by molar-refractivity contribution is 5.98. The molecule has 2 atom stereocenters. The summed E-state index contributed by atoms with van der Waals surface area (Å²) in [6.45, 7) is 2.73. The topological polar surface area (TPSA) is 97.6 Å². The number of hydrogen-bond donors (Lipinski definition) is 2. The van der Waals surface area contributed by atoms with Crippen molar-refractivity contribution in [3.05, 3.63) is 23.9 Å². The molecule has 2 heterocycles. The van der Waals surface area contributed by atoms with Gasteiger partial charge in [-0.3, -0.25) is 9.59 Å². The summed E-state index contributed by atoms with van der Waals surface area (Å²) >= 11 is 0. The molecule has 0 spiro atoms. The molecular weight excluding hydrogens is 272 g/mol. The number of likely N-dealkylation sites (tertiary alicyclic amines) is 1. The molecule has 114 valence electrons. The van der Waals surface area contributed by atoms with Gasteiger partial charge in [-0.05, 0) is 19.4 Å². The number of rotatable bonds is 4. The first-order valence-corrected chi connectivity index (χ1v) is 6.91. The number of nitrogens with two attached hydrogens (primary N) is 1. The van der Waals surface area contributed by atoms with Crippen LogP contribution < -0.4 is 15.8 Å². The Morgan fingerprint density at radius 2 is 2.33 bits per heavy atom. The maximum absolute atomic E-state index is 12.6. The van der Waals surface area contributed by atoms with Crippen LogP contribution in [0.5, 0.6) is 5.88 Å². The van der Waals surface area contributed by atoms with E-state index in [1.54, 1.807) is 12.1 Å². The number of aromatic nitrogens is 1. The molecule has 2 amide bonds. The van der Waals surface area contributed by atoms with Crippen molar-refractivity contribution in [2.24, 2.45) is 5.73 Å². The van der Waals surface area contributed by atoms with Crippen LogP contribution in [0, 0.1) is 0 Å². The molecule has 1 aromatic heterocycles. The smallest absolute Gasteiger partial charge is 0.254 e. The molecule has 0 saturated carbocycles. The molecule has 2 rings (SSSR count). The molecule has 0 bridgehead atoms. The van der Waals surface area contributed by atoms with Gasteiger partial charge in [0.05, 0.1) is 7.11 Å². The van der Waals surface area contributed by atoms with Gasteiger partial charge in [-0.15, -0.1) is 0 Å². The predicted octanol–water partition coefficient (Wildman–Crippen LogP) is -0.232. The van der Waals surface area contributed by atoms with Crippen molar-refractivity contribution in [2.75, 3.05) is 20.2 Å². The number of carbonyl (C=O) groups excluding carboxylic acids is 2. The van der Waals surface area contributed by atoms with Gasteiger partial charge >= 0.3 is 0 Å². The zero-order valence-corrected chi connectivity index (χ0v) is 12.2. The fraction of sp³-hybridized carbons (Fsp3) is 0.500. The number of carbonyl (C=O) groups is 2. The lowest BCUT2D eigenvalue weighted by Crippen LogP contribution is -2.45. The molecule has 0 aromatic carbocycles. The Balaban J connectivity index is 2.21. The van der Waals surface area contributed by atoms with E-state index in [0.29, 0.717) is 31.0 Å². The summed E-state index contributed by atoms with van der Waals surface area (Å²) in [6.07, 6.45) is 1.98. The highest BCUT2D eigenvalue weighted by Gasteiger charge is 2.38. The van der Waals surface area contributed by atoms with Crippen LogP contribution in [0.25, 0.3) is 0 Å². The Labute approximate surface area is 123 Å². The highest BCUT2D eigenvalue weighted by atomic mass is 16.5. The molecule has 1 aliphatic rings. The largest absolute Gasteiger partial charge is 0.481 e. The number of amides is 2. The number of hydrogen-bond acceptors (Lipinski definition) is 5. The number of methoxy groups -OCH3 is 1. The number of nitrogens with one attached hydrogen (secondary N) is 1. The zero-order chi connectivity index (χ0) is 15.4. The van der Waals surface area contributed by atoms with Gasteiger partial charge in [0, 0.05) is 37.0 Å². The molecule has 7 nitrogen and oxygen atoms in total.